The summed E-state index contributed by atoms with van der Waals surface area (Å²) in [7, 11) is 1.73. The van der Waals surface area contributed by atoms with Crippen molar-refractivity contribution >= 4 is 5.97 Å². The van der Waals surface area contributed by atoms with Gasteiger partial charge in [0.15, 0.2) is 0 Å². The average Bonchev–Trinajstić information content (AvgIpc) is 3.08. The van der Waals surface area contributed by atoms with E-state index in [0.29, 0.717) is 6.42 Å². The van der Waals surface area contributed by atoms with Gasteiger partial charge in [0.05, 0.1) is 5.60 Å². The number of carbonyl (C=O) groups is 1. The standard InChI is InChI=1S/C13H16O3/c1-16-13(7-8-13)11-4-2-3-10(9-11)5-6-12(14)15/h2-4,9H,5-8H2,1H3,(H,14,15). The number of rotatable bonds is 5. The summed E-state index contributed by atoms with van der Waals surface area (Å²) in [6.07, 6.45) is 2.89. The third-order valence-corrected chi connectivity index (χ3v) is 3.18. The molecule has 1 aliphatic carbocycles. The van der Waals surface area contributed by atoms with Gasteiger partial charge in [-0.25, -0.2) is 0 Å². The normalized spacial score (nSPS) is 17.1. The third-order valence-electron chi connectivity index (χ3n) is 3.18. The van der Waals surface area contributed by atoms with Gasteiger partial charge in [0, 0.05) is 13.5 Å². The van der Waals surface area contributed by atoms with E-state index in [1.165, 1.54) is 5.56 Å². The van der Waals surface area contributed by atoms with Gasteiger partial charge in [-0.2, -0.15) is 0 Å². The average molecular weight is 220 g/mol. The second-order valence-electron chi connectivity index (χ2n) is 4.29. The Labute approximate surface area is 95.0 Å². The fourth-order valence-corrected chi connectivity index (χ4v) is 1.99. The fraction of sp³-hybridized carbons (Fsp3) is 0.462. The molecule has 86 valence electrons. The van der Waals surface area contributed by atoms with Gasteiger partial charge >= 0.3 is 5.97 Å². The molecule has 1 aliphatic rings. The number of aliphatic carboxylic acids is 1. The van der Waals surface area contributed by atoms with Crippen LogP contribution >= 0.6 is 0 Å². The van der Waals surface area contributed by atoms with Crippen LogP contribution < -0.4 is 0 Å². The van der Waals surface area contributed by atoms with Crippen LogP contribution in [-0.4, -0.2) is 18.2 Å². The van der Waals surface area contributed by atoms with E-state index in [1.807, 2.05) is 12.1 Å². The zero-order valence-corrected chi connectivity index (χ0v) is 9.40. The lowest BCUT2D eigenvalue weighted by Gasteiger charge is -2.14. The molecule has 1 fully saturated rings. The molecule has 3 heteroatoms. The van der Waals surface area contributed by atoms with Crippen LogP contribution in [0.2, 0.25) is 0 Å². The molecule has 2 rings (SSSR count). The number of ether oxygens (including phenoxy) is 1. The van der Waals surface area contributed by atoms with Crippen molar-refractivity contribution < 1.29 is 14.6 Å². The van der Waals surface area contributed by atoms with Crippen molar-refractivity contribution in [1.29, 1.82) is 0 Å². The summed E-state index contributed by atoms with van der Waals surface area (Å²) < 4.78 is 5.50. The Kier molecular flexibility index (Phi) is 2.97. The molecule has 0 aliphatic heterocycles. The monoisotopic (exact) mass is 220 g/mol. The summed E-state index contributed by atoms with van der Waals surface area (Å²) in [5.41, 5.74) is 2.17. The molecular formula is C13H16O3. The quantitative estimate of drug-likeness (QED) is 0.828. The number of hydrogen-bond donors (Lipinski definition) is 1. The van der Waals surface area contributed by atoms with Crippen LogP contribution in [0.1, 0.15) is 30.4 Å². The van der Waals surface area contributed by atoms with Crippen LogP contribution in [0.25, 0.3) is 0 Å². The number of carboxylic acids is 1. The minimum atomic E-state index is -0.752. The van der Waals surface area contributed by atoms with Crippen LogP contribution in [0.4, 0.5) is 0 Å². The first-order valence-corrected chi connectivity index (χ1v) is 5.53. The lowest BCUT2D eigenvalue weighted by Crippen LogP contribution is -2.09. The van der Waals surface area contributed by atoms with E-state index in [2.05, 4.69) is 12.1 Å². The fourth-order valence-electron chi connectivity index (χ4n) is 1.99. The molecule has 16 heavy (non-hydrogen) atoms. The molecule has 0 radical (unpaired) electrons. The first kappa shape index (κ1) is 11.1. The van der Waals surface area contributed by atoms with Gasteiger partial charge in [0.2, 0.25) is 0 Å². The lowest BCUT2D eigenvalue weighted by atomic mass is 10.0. The van der Waals surface area contributed by atoms with Crippen molar-refractivity contribution in [3.63, 3.8) is 0 Å². The van der Waals surface area contributed by atoms with Crippen LogP contribution in [0.3, 0.4) is 0 Å². The largest absolute Gasteiger partial charge is 0.481 e. The molecule has 0 heterocycles. The minimum absolute atomic E-state index is 0.0841. The number of methoxy groups -OCH3 is 1. The van der Waals surface area contributed by atoms with Crippen LogP contribution in [-0.2, 0) is 21.6 Å². The topological polar surface area (TPSA) is 46.5 Å². The Hall–Kier alpha value is -1.35. The van der Waals surface area contributed by atoms with Crippen LogP contribution in [0.15, 0.2) is 24.3 Å². The Bertz CT molecular complexity index is 394. The minimum Gasteiger partial charge on any atom is -0.481 e. The summed E-state index contributed by atoms with van der Waals surface area (Å²) in [4.78, 5) is 10.5. The molecule has 1 aromatic rings. The van der Waals surface area contributed by atoms with Gasteiger partial charge in [0.25, 0.3) is 0 Å². The molecule has 0 unspecified atom stereocenters. The van der Waals surface area contributed by atoms with Gasteiger partial charge < -0.3 is 9.84 Å². The highest BCUT2D eigenvalue weighted by Crippen LogP contribution is 2.48. The van der Waals surface area contributed by atoms with Crippen molar-refractivity contribution in [2.75, 3.05) is 7.11 Å². The summed E-state index contributed by atoms with van der Waals surface area (Å²) in [5.74, 6) is -0.752. The van der Waals surface area contributed by atoms with E-state index in [9.17, 15) is 4.79 Å². The maximum atomic E-state index is 10.5. The lowest BCUT2D eigenvalue weighted by molar-refractivity contribution is -0.136. The molecule has 1 saturated carbocycles. The third kappa shape index (κ3) is 2.25. The Balaban J connectivity index is 2.11. The van der Waals surface area contributed by atoms with Crippen molar-refractivity contribution in [2.24, 2.45) is 0 Å². The first-order chi connectivity index (χ1) is 7.66. The molecule has 0 bridgehead atoms. The molecule has 0 spiro atoms. The second-order valence-corrected chi connectivity index (χ2v) is 4.29. The molecule has 0 aromatic heterocycles. The highest BCUT2D eigenvalue weighted by molar-refractivity contribution is 5.67. The van der Waals surface area contributed by atoms with Gasteiger partial charge in [-0.3, -0.25) is 4.79 Å². The van der Waals surface area contributed by atoms with Gasteiger partial charge in [-0.15, -0.1) is 0 Å². The van der Waals surface area contributed by atoms with Crippen LogP contribution in [0.5, 0.6) is 0 Å². The summed E-state index contributed by atoms with van der Waals surface area (Å²) in [5, 5.41) is 8.64. The van der Waals surface area contributed by atoms with Crippen molar-refractivity contribution in [3.8, 4) is 0 Å². The van der Waals surface area contributed by atoms with E-state index in [4.69, 9.17) is 9.84 Å². The second kappa shape index (κ2) is 4.26. The molecule has 1 N–H and O–H groups in total. The predicted octanol–water partition coefficient (Wildman–Crippen LogP) is 2.34. The Morgan fingerprint density at radius 2 is 2.25 bits per heavy atom. The highest BCUT2D eigenvalue weighted by Gasteiger charge is 2.44. The predicted molar refractivity (Wildman–Crippen MR) is 60.3 cm³/mol. The van der Waals surface area contributed by atoms with Gasteiger partial charge in [0.1, 0.15) is 0 Å². The first-order valence-electron chi connectivity index (χ1n) is 5.53. The number of carboxylic acid groups (broad SMARTS) is 1. The van der Waals surface area contributed by atoms with Crippen molar-refractivity contribution in [2.45, 2.75) is 31.3 Å². The molecule has 3 nitrogen and oxygen atoms in total. The van der Waals surface area contributed by atoms with E-state index in [-0.39, 0.29) is 12.0 Å². The van der Waals surface area contributed by atoms with E-state index in [1.54, 1.807) is 7.11 Å². The SMILES string of the molecule is COC1(c2cccc(CCC(=O)O)c2)CC1. The Morgan fingerprint density at radius 3 is 2.81 bits per heavy atom. The van der Waals surface area contributed by atoms with Gasteiger partial charge in [-0.1, -0.05) is 24.3 Å². The summed E-state index contributed by atoms with van der Waals surface area (Å²) in [6, 6.07) is 8.07. The van der Waals surface area contributed by atoms with Crippen molar-refractivity contribution in [3.05, 3.63) is 35.4 Å². The summed E-state index contributed by atoms with van der Waals surface area (Å²) in [6.45, 7) is 0. The molecule has 1 aromatic carbocycles. The smallest absolute Gasteiger partial charge is 0.303 e. The summed E-state index contributed by atoms with van der Waals surface area (Å²) >= 11 is 0. The maximum Gasteiger partial charge on any atom is 0.303 e. The molecular weight excluding hydrogens is 204 g/mol. The molecule has 0 amide bonds. The molecule has 0 saturated heterocycles. The maximum absolute atomic E-state index is 10.5. The van der Waals surface area contributed by atoms with Crippen LogP contribution in [0, 0.1) is 0 Å². The Morgan fingerprint density at radius 1 is 1.50 bits per heavy atom. The zero-order valence-electron chi connectivity index (χ0n) is 9.40. The highest BCUT2D eigenvalue weighted by atomic mass is 16.5. The van der Waals surface area contributed by atoms with Gasteiger partial charge in [-0.05, 0) is 30.4 Å². The number of hydrogen-bond acceptors (Lipinski definition) is 2. The number of benzene rings is 1. The van der Waals surface area contributed by atoms with Crippen molar-refractivity contribution in [1.82, 2.24) is 0 Å². The van der Waals surface area contributed by atoms with E-state index >= 15 is 0 Å². The van der Waals surface area contributed by atoms with E-state index in [0.717, 1.165) is 18.4 Å². The molecule has 0 atom stereocenters. The number of aryl methyl sites for hydroxylation is 1. The zero-order chi connectivity index (χ0) is 11.6. The van der Waals surface area contributed by atoms with E-state index < -0.39 is 5.97 Å².